The lowest BCUT2D eigenvalue weighted by atomic mass is 9.92. The summed E-state index contributed by atoms with van der Waals surface area (Å²) < 4.78 is 70.1. The number of hydrogen-bond donors (Lipinski definition) is 2. The number of nitriles is 1. The van der Waals surface area contributed by atoms with Crippen LogP contribution in [0.3, 0.4) is 0 Å². The highest BCUT2D eigenvalue weighted by atomic mass is 19.4. The lowest BCUT2D eigenvalue weighted by Gasteiger charge is -2.30. The summed E-state index contributed by atoms with van der Waals surface area (Å²) in [4.78, 5) is 4.49. The van der Waals surface area contributed by atoms with Crippen LogP contribution in [-0.2, 0) is 0 Å². The van der Waals surface area contributed by atoms with Gasteiger partial charge < -0.3 is 19.9 Å². The molecular formula is C22H22F5N5O. The molecule has 0 radical (unpaired) electrons. The minimum absolute atomic E-state index is 0.00260. The fourth-order valence-corrected chi connectivity index (χ4v) is 3.93. The van der Waals surface area contributed by atoms with Crippen molar-refractivity contribution in [2.75, 3.05) is 13.1 Å². The van der Waals surface area contributed by atoms with E-state index in [0.29, 0.717) is 33.6 Å². The number of fused-ring (bicyclic) bond motifs is 1. The van der Waals surface area contributed by atoms with Crippen molar-refractivity contribution in [1.82, 2.24) is 15.2 Å². The first-order valence-corrected chi connectivity index (χ1v) is 10.5. The Kier molecular flexibility index (Phi) is 6.30. The highest BCUT2D eigenvalue weighted by Crippen LogP contribution is 2.40. The second-order valence-electron chi connectivity index (χ2n) is 8.10. The van der Waals surface area contributed by atoms with Crippen LogP contribution in [0, 0.1) is 11.3 Å². The number of alkyl halides is 5. The first-order valence-electron chi connectivity index (χ1n) is 10.5. The standard InChI is InChI=1S/C22H22F5N5O/c1-12(22(25,26)27)29-9-13-10-30-20(31-11-13)19-17(8-28)16-6-5-15(33-21(23)24)7-18(16)32(19)14-3-2-4-14/h5-7,10,12,14,21,29H,2-4,9,11H2,1H3,(H,30,31). The van der Waals surface area contributed by atoms with Crippen LogP contribution >= 0.6 is 0 Å². The van der Waals surface area contributed by atoms with Crippen LogP contribution in [0.5, 0.6) is 5.75 Å². The van der Waals surface area contributed by atoms with Crippen LogP contribution in [0.2, 0.25) is 0 Å². The van der Waals surface area contributed by atoms with Crippen LogP contribution in [0.1, 0.15) is 43.5 Å². The van der Waals surface area contributed by atoms with Crippen molar-refractivity contribution in [2.24, 2.45) is 4.99 Å². The molecule has 0 bridgehead atoms. The summed E-state index contributed by atoms with van der Waals surface area (Å²) in [6.07, 6.45) is -0.000612. The topological polar surface area (TPSA) is 74.4 Å². The Labute approximate surface area is 186 Å². The largest absolute Gasteiger partial charge is 0.435 e. The highest BCUT2D eigenvalue weighted by Gasteiger charge is 2.35. The Morgan fingerprint density at radius 1 is 1.33 bits per heavy atom. The molecule has 0 saturated heterocycles. The number of rotatable bonds is 7. The average molecular weight is 467 g/mol. The minimum atomic E-state index is -4.34. The molecule has 2 aromatic rings. The molecule has 0 spiro atoms. The van der Waals surface area contributed by atoms with E-state index in [2.05, 4.69) is 26.4 Å². The molecule has 1 saturated carbocycles. The fraction of sp³-hybridized carbons (Fsp3) is 0.455. The molecule has 1 aliphatic carbocycles. The number of halogens is 5. The zero-order valence-electron chi connectivity index (χ0n) is 17.7. The van der Waals surface area contributed by atoms with Crippen LogP contribution in [0.15, 0.2) is 35.0 Å². The van der Waals surface area contributed by atoms with Crippen LogP contribution < -0.4 is 15.4 Å². The summed E-state index contributed by atoms with van der Waals surface area (Å²) in [7, 11) is 0. The maximum Gasteiger partial charge on any atom is 0.403 e. The molecule has 1 aromatic heterocycles. The zero-order chi connectivity index (χ0) is 23.8. The predicted molar refractivity (Wildman–Crippen MR) is 112 cm³/mol. The van der Waals surface area contributed by atoms with Gasteiger partial charge >= 0.3 is 12.8 Å². The van der Waals surface area contributed by atoms with Gasteiger partial charge in [-0.25, -0.2) is 0 Å². The quantitative estimate of drug-likeness (QED) is 0.583. The van der Waals surface area contributed by atoms with Crippen molar-refractivity contribution in [2.45, 2.75) is 51.1 Å². The van der Waals surface area contributed by atoms with Gasteiger partial charge in [0.1, 0.15) is 23.6 Å². The number of hydrogen-bond acceptors (Lipinski definition) is 5. The van der Waals surface area contributed by atoms with E-state index in [9.17, 15) is 27.2 Å². The molecule has 33 heavy (non-hydrogen) atoms. The maximum atomic E-state index is 12.7. The Bertz CT molecular complexity index is 1140. The highest BCUT2D eigenvalue weighted by molar-refractivity contribution is 6.07. The molecule has 6 nitrogen and oxygen atoms in total. The van der Waals surface area contributed by atoms with Gasteiger partial charge in [-0.1, -0.05) is 0 Å². The number of amidine groups is 1. The Morgan fingerprint density at radius 2 is 2.09 bits per heavy atom. The number of ether oxygens (including phenoxy) is 1. The van der Waals surface area contributed by atoms with Gasteiger partial charge in [0.05, 0.1) is 17.6 Å². The smallest absolute Gasteiger partial charge is 0.403 e. The van der Waals surface area contributed by atoms with E-state index < -0.39 is 18.8 Å². The maximum absolute atomic E-state index is 12.7. The van der Waals surface area contributed by atoms with Crippen molar-refractivity contribution in [3.63, 3.8) is 0 Å². The van der Waals surface area contributed by atoms with Crippen LogP contribution in [0.25, 0.3) is 10.9 Å². The second-order valence-corrected chi connectivity index (χ2v) is 8.10. The van der Waals surface area contributed by atoms with Crippen molar-refractivity contribution in [1.29, 1.82) is 5.26 Å². The van der Waals surface area contributed by atoms with Gasteiger partial charge in [-0.15, -0.1) is 0 Å². The molecule has 1 aromatic carbocycles. The molecule has 2 aliphatic rings. The Morgan fingerprint density at radius 3 is 2.64 bits per heavy atom. The SMILES string of the molecule is CC(NCC1=CNC(c2c(C#N)c3ccc(OC(F)F)cc3n2C2CCC2)=NC1)C(F)(F)F. The predicted octanol–water partition coefficient (Wildman–Crippen LogP) is 4.61. The average Bonchev–Trinajstić information content (AvgIpc) is 3.03. The van der Waals surface area contributed by atoms with Gasteiger partial charge in [-0.3, -0.25) is 4.99 Å². The molecule has 11 heteroatoms. The molecular weight excluding hydrogens is 445 g/mol. The van der Waals surface area contributed by atoms with E-state index in [1.54, 1.807) is 12.3 Å². The van der Waals surface area contributed by atoms with E-state index in [-0.39, 0.29) is 24.9 Å². The van der Waals surface area contributed by atoms with E-state index in [1.165, 1.54) is 12.1 Å². The molecule has 176 valence electrons. The van der Waals surface area contributed by atoms with E-state index >= 15 is 0 Å². The minimum Gasteiger partial charge on any atom is -0.435 e. The first-order chi connectivity index (χ1) is 15.7. The van der Waals surface area contributed by atoms with Gasteiger partial charge in [-0.2, -0.15) is 27.2 Å². The lowest BCUT2D eigenvalue weighted by Crippen LogP contribution is -2.41. The van der Waals surface area contributed by atoms with Gasteiger partial charge in [0.15, 0.2) is 5.84 Å². The van der Waals surface area contributed by atoms with Crippen molar-refractivity contribution < 1.29 is 26.7 Å². The summed E-state index contributed by atoms with van der Waals surface area (Å²) in [6.45, 7) is -1.74. The monoisotopic (exact) mass is 467 g/mol. The van der Waals surface area contributed by atoms with Crippen molar-refractivity contribution >= 4 is 16.7 Å². The lowest BCUT2D eigenvalue weighted by molar-refractivity contribution is -0.150. The summed E-state index contributed by atoms with van der Waals surface area (Å²) >= 11 is 0. The number of nitrogens with zero attached hydrogens (tertiary/aromatic N) is 3. The van der Waals surface area contributed by atoms with Gasteiger partial charge in [0, 0.05) is 30.2 Å². The third-order valence-corrected chi connectivity index (χ3v) is 5.96. The fourth-order valence-electron chi connectivity index (χ4n) is 3.93. The molecule has 1 atom stereocenters. The zero-order valence-corrected chi connectivity index (χ0v) is 17.7. The number of aliphatic imine (C=N–C) groups is 1. The molecule has 2 N–H and O–H groups in total. The summed E-state index contributed by atoms with van der Waals surface area (Å²) in [5, 5.41) is 15.9. The molecule has 0 amide bonds. The Balaban J connectivity index is 1.65. The molecule has 1 unspecified atom stereocenters. The molecule has 4 rings (SSSR count). The van der Waals surface area contributed by atoms with Gasteiger partial charge in [0.2, 0.25) is 0 Å². The van der Waals surface area contributed by atoms with E-state index in [0.717, 1.165) is 26.2 Å². The molecule has 2 heterocycles. The third-order valence-electron chi connectivity index (χ3n) is 5.96. The first kappa shape index (κ1) is 23.0. The summed E-state index contributed by atoms with van der Waals surface area (Å²) in [5.74, 6) is 0.413. The summed E-state index contributed by atoms with van der Waals surface area (Å²) in [5.41, 5.74) is 2.13. The summed E-state index contributed by atoms with van der Waals surface area (Å²) in [6, 6.07) is 5.10. The van der Waals surface area contributed by atoms with Gasteiger partial charge in [-0.05, 0) is 43.9 Å². The van der Waals surface area contributed by atoms with Crippen molar-refractivity contribution in [3.05, 3.63) is 41.2 Å². The van der Waals surface area contributed by atoms with Crippen molar-refractivity contribution in [3.8, 4) is 11.8 Å². The molecule has 1 fully saturated rings. The van der Waals surface area contributed by atoms with Crippen LogP contribution in [0.4, 0.5) is 22.0 Å². The third kappa shape index (κ3) is 4.66. The molecule has 1 aliphatic heterocycles. The van der Waals surface area contributed by atoms with Gasteiger partial charge in [0.25, 0.3) is 0 Å². The normalized spacial score (nSPS) is 17.8. The Hall–Kier alpha value is -3.13. The van der Waals surface area contributed by atoms with E-state index in [4.69, 9.17) is 0 Å². The number of benzene rings is 1. The number of nitrogens with one attached hydrogen (secondary N) is 2. The van der Waals surface area contributed by atoms with Crippen LogP contribution in [-0.4, -0.2) is 42.3 Å². The van der Waals surface area contributed by atoms with E-state index in [1.807, 2.05) is 4.57 Å². The second kappa shape index (κ2) is 9.02. The number of aromatic nitrogens is 1.